The highest BCUT2D eigenvalue weighted by molar-refractivity contribution is 5.86. The van der Waals surface area contributed by atoms with E-state index in [2.05, 4.69) is 20.3 Å². The molecular weight excluding hydrogens is 466 g/mol. The number of rotatable bonds is 6. The molecule has 1 atom stereocenters. The molecule has 188 valence electrons. The number of carbonyl (C=O) groups is 2. The molecule has 12 nitrogen and oxygen atoms in total. The number of benzene rings is 1. The van der Waals surface area contributed by atoms with Crippen molar-refractivity contribution in [1.82, 2.24) is 29.7 Å². The predicted octanol–water partition coefficient (Wildman–Crippen LogP) is 1.05. The number of nitrogens with one attached hydrogen (secondary N) is 1. The van der Waals surface area contributed by atoms with Crippen LogP contribution in [0.3, 0.4) is 0 Å². The zero-order valence-corrected chi connectivity index (χ0v) is 19.9. The summed E-state index contributed by atoms with van der Waals surface area (Å²) in [5.74, 6) is 2.32. The lowest BCUT2D eigenvalue weighted by Crippen LogP contribution is -2.61. The standard InChI is InChI=1S/C24H27N7O5/c1-34-24(33)31-11-10-29(21-5-7-27-23(28-21)30-9-8-25-16-30)15-18(31)22(32)26-6-4-17-2-3-19-20(14-17)36-13-12-35-19/h2-3,5,7-9,14,16,18H,4,6,10-13,15H2,1H3,(H,26,32). The summed E-state index contributed by atoms with van der Waals surface area (Å²) in [4.78, 5) is 42.0. The molecule has 1 saturated heterocycles. The second-order valence-corrected chi connectivity index (χ2v) is 8.33. The Balaban J connectivity index is 1.25. The van der Waals surface area contributed by atoms with E-state index in [9.17, 15) is 9.59 Å². The number of anilines is 1. The number of aromatic nitrogens is 4. The molecule has 0 bridgehead atoms. The van der Waals surface area contributed by atoms with Crippen LogP contribution in [0.1, 0.15) is 5.56 Å². The Labute approximate surface area is 207 Å². The van der Waals surface area contributed by atoms with Gasteiger partial charge in [0.1, 0.15) is 31.4 Å². The van der Waals surface area contributed by atoms with Crippen molar-refractivity contribution >= 4 is 17.8 Å². The van der Waals surface area contributed by atoms with Crippen molar-refractivity contribution in [2.24, 2.45) is 0 Å². The molecule has 2 amide bonds. The summed E-state index contributed by atoms with van der Waals surface area (Å²) in [5, 5.41) is 2.96. The minimum absolute atomic E-state index is 0.258. The first kappa shape index (κ1) is 23.4. The van der Waals surface area contributed by atoms with Crippen LogP contribution in [0.25, 0.3) is 5.95 Å². The van der Waals surface area contributed by atoms with Crippen molar-refractivity contribution in [1.29, 1.82) is 0 Å². The van der Waals surface area contributed by atoms with Gasteiger partial charge in [-0.1, -0.05) is 6.07 Å². The molecule has 0 aliphatic carbocycles. The smallest absolute Gasteiger partial charge is 0.410 e. The number of imidazole rings is 1. The topological polar surface area (TPSA) is 124 Å². The van der Waals surface area contributed by atoms with Crippen LogP contribution in [0.4, 0.5) is 10.6 Å². The van der Waals surface area contributed by atoms with Crippen LogP contribution in [-0.4, -0.2) is 89.0 Å². The fourth-order valence-corrected chi connectivity index (χ4v) is 4.26. The van der Waals surface area contributed by atoms with Gasteiger partial charge in [0.15, 0.2) is 11.5 Å². The first-order chi connectivity index (χ1) is 17.6. The monoisotopic (exact) mass is 493 g/mol. The fourth-order valence-electron chi connectivity index (χ4n) is 4.26. The summed E-state index contributed by atoms with van der Waals surface area (Å²) in [6, 6.07) is 6.80. The lowest BCUT2D eigenvalue weighted by atomic mass is 10.1. The van der Waals surface area contributed by atoms with Crippen molar-refractivity contribution in [3.8, 4) is 17.4 Å². The lowest BCUT2D eigenvalue weighted by Gasteiger charge is -2.40. The van der Waals surface area contributed by atoms with Crippen LogP contribution in [0.15, 0.2) is 49.2 Å². The predicted molar refractivity (Wildman–Crippen MR) is 128 cm³/mol. The molecule has 12 heteroatoms. The van der Waals surface area contributed by atoms with E-state index in [1.807, 2.05) is 23.1 Å². The van der Waals surface area contributed by atoms with E-state index in [1.54, 1.807) is 35.6 Å². The van der Waals surface area contributed by atoms with Crippen molar-refractivity contribution in [2.45, 2.75) is 12.5 Å². The van der Waals surface area contributed by atoms with Gasteiger partial charge in [0.25, 0.3) is 0 Å². The van der Waals surface area contributed by atoms with Gasteiger partial charge in [-0.2, -0.15) is 4.98 Å². The molecule has 2 aromatic heterocycles. The summed E-state index contributed by atoms with van der Waals surface area (Å²) in [6.45, 7) is 2.55. The van der Waals surface area contributed by atoms with Gasteiger partial charge in [0, 0.05) is 44.8 Å². The van der Waals surface area contributed by atoms with Crippen LogP contribution < -0.4 is 19.7 Å². The van der Waals surface area contributed by atoms with Gasteiger partial charge in [-0.15, -0.1) is 0 Å². The normalized spacial score (nSPS) is 17.0. The van der Waals surface area contributed by atoms with Gasteiger partial charge in [-0.05, 0) is 30.2 Å². The molecule has 1 aromatic carbocycles. The lowest BCUT2D eigenvalue weighted by molar-refractivity contribution is -0.126. The van der Waals surface area contributed by atoms with E-state index >= 15 is 0 Å². The quantitative estimate of drug-likeness (QED) is 0.537. The van der Waals surface area contributed by atoms with Crippen LogP contribution in [0.5, 0.6) is 11.5 Å². The highest BCUT2D eigenvalue weighted by Crippen LogP contribution is 2.30. The number of amides is 2. The number of hydrogen-bond donors (Lipinski definition) is 1. The summed E-state index contributed by atoms with van der Waals surface area (Å²) in [7, 11) is 1.31. The van der Waals surface area contributed by atoms with Gasteiger partial charge in [0.05, 0.1) is 7.11 Å². The maximum atomic E-state index is 13.2. The van der Waals surface area contributed by atoms with Gasteiger partial charge >= 0.3 is 6.09 Å². The molecule has 4 heterocycles. The van der Waals surface area contributed by atoms with Crippen LogP contribution in [0, 0.1) is 0 Å². The molecule has 0 spiro atoms. The van der Waals surface area contributed by atoms with E-state index in [-0.39, 0.29) is 12.5 Å². The van der Waals surface area contributed by atoms with Crippen LogP contribution in [-0.2, 0) is 16.0 Å². The zero-order valence-electron chi connectivity index (χ0n) is 19.9. The third-order valence-electron chi connectivity index (χ3n) is 6.10. The SMILES string of the molecule is COC(=O)N1CCN(c2ccnc(-n3ccnc3)n2)CC1C(=O)NCCc1ccc2c(c1)OCCO2. The molecule has 2 aliphatic rings. The molecule has 5 rings (SSSR count). The molecule has 3 aromatic rings. The molecule has 2 aliphatic heterocycles. The highest BCUT2D eigenvalue weighted by atomic mass is 16.6. The molecule has 1 fully saturated rings. The minimum atomic E-state index is -0.738. The Morgan fingerprint density at radius 3 is 2.81 bits per heavy atom. The Kier molecular flexibility index (Phi) is 6.83. The fraction of sp³-hybridized carbons (Fsp3) is 0.375. The average Bonchev–Trinajstić information content (AvgIpc) is 3.47. The second kappa shape index (κ2) is 10.5. The first-order valence-corrected chi connectivity index (χ1v) is 11.7. The van der Waals surface area contributed by atoms with Crippen molar-refractivity contribution in [3.05, 3.63) is 54.7 Å². The van der Waals surface area contributed by atoms with Crippen molar-refractivity contribution < 1.29 is 23.8 Å². The first-order valence-electron chi connectivity index (χ1n) is 11.7. The second-order valence-electron chi connectivity index (χ2n) is 8.33. The number of carbonyl (C=O) groups excluding carboxylic acids is 2. The Hall–Kier alpha value is -4.35. The summed E-state index contributed by atoms with van der Waals surface area (Å²) >= 11 is 0. The number of hydrogen-bond acceptors (Lipinski definition) is 9. The summed E-state index contributed by atoms with van der Waals surface area (Å²) in [5.41, 5.74) is 1.02. The van der Waals surface area contributed by atoms with E-state index < -0.39 is 12.1 Å². The molecule has 36 heavy (non-hydrogen) atoms. The molecule has 0 saturated carbocycles. The summed E-state index contributed by atoms with van der Waals surface area (Å²) in [6.07, 6.45) is 6.75. The van der Waals surface area contributed by atoms with E-state index in [0.717, 1.165) is 11.3 Å². The van der Waals surface area contributed by atoms with Crippen LogP contribution in [0.2, 0.25) is 0 Å². The third kappa shape index (κ3) is 5.02. The Morgan fingerprint density at radius 1 is 1.14 bits per heavy atom. The maximum absolute atomic E-state index is 13.2. The van der Waals surface area contributed by atoms with Crippen LogP contribution >= 0.6 is 0 Å². The maximum Gasteiger partial charge on any atom is 0.410 e. The van der Waals surface area contributed by atoms with Gasteiger partial charge < -0.3 is 24.4 Å². The van der Waals surface area contributed by atoms with E-state index in [0.29, 0.717) is 56.8 Å². The molecule has 1 N–H and O–H groups in total. The van der Waals surface area contributed by atoms with Gasteiger partial charge in [0.2, 0.25) is 11.9 Å². The number of fused-ring (bicyclic) bond motifs is 1. The van der Waals surface area contributed by atoms with Gasteiger partial charge in [-0.25, -0.2) is 14.8 Å². The van der Waals surface area contributed by atoms with Crippen molar-refractivity contribution in [3.63, 3.8) is 0 Å². The van der Waals surface area contributed by atoms with Gasteiger partial charge in [-0.3, -0.25) is 14.3 Å². The van der Waals surface area contributed by atoms with Crippen molar-refractivity contribution in [2.75, 3.05) is 51.4 Å². The number of methoxy groups -OCH3 is 1. The largest absolute Gasteiger partial charge is 0.486 e. The summed E-state index contributed by atoms with van der Waals surface area (Å²) < 4.78 is 17.8. The van der Waals surface area contributed by atoms with E-state index in [4.69, 9.17) is 14.2 Å². The number of nitrogens with zero attached hydrogens (tertiary/aromatic N) is 6. The molecule has 1 unspecified atom stereocenters. The molecular formula is C24H27N7O5. The number of ether oxygens (including phenoxy) is 3. The minimum Gasteiger partial charge on any atom is -0.486 e. The Bertz CT molecular complexity index is 1220. The Morgan fingerprint density at radius 2 is 2.00 bits per heavy atom. The number of piperazine rings is 1. The highest BCUT2D eigenvalue weighted by Gasteiger charge is 2.36. The zero-order chi connectivity index (χ0) is 24.9. The third-order valence-corrected chi connectivity index (χ3v) is 6.10. The molecule has 0 radical (unpaired) electrons. The average molecular weight is 494 g/mol. The van der Waals surface area contributed by atoms with E-state index in [1.165, 1.54) is 12.0 Å².